The summed E-state index contributed by atoms with van der Waals surface area (Å²) < 4.78 is 12.1. The van der Waals surface area contributed by atoms with Crippen LogP contribution in [0.1, 0.15) is 50.9 Å². The number of para-hydroxylation sites is 1. The highest BCUT2D eigenvalue weighted by Crippen LogP contribution is 2.22. The fraction of sp³-hybridized carbons (Fsp3) is 0.609. The van der Waals surface area contributed by atoms with Gasteiger partial charge in [0.15, 0.2) is 0 Å². The molecule has 1 aliphatic carbocycles. The fourth-order valence-corrected chi connectivity index (χ4v) is 4.21. The first-order valence-electron chi connectivity index (χ1n) is 11.1. The normalized spacial score (nSPS) is 15.7. The van der Waals surface area contributed by atoms with Crippen molar-refractivity contribution >= 4 is 16.9 Å². The molecule has 1 unspecified atom stereocenters. The van der Waals surface area contributed by atoms with Crippen molar-refractivity contribution in [1.82, 2.24) is 19.8 Å². The van der Waals surface area contributed by atoms with E-state index in [-0.39, 0.29) is 17.6 Å². The second-order valence-corrected chi connectivity index (χ2v) is 8.08. The van der Waals surface area contributed by atoms with Crippen molar-refractivity contribution in [3.8, 4) is 0 Å². The Kier molecular flexibility index (Phi) is 8.43. The first kappa shape index (κ1) is 23.2. The highest BCUT2D eigenvalue weighted by Gasteiger charge is 2.28. The molecule has 8 heteroatoms. The Morgan fingerprint density at radius 2 is 1.90 bits per heavy atom. The SMILES string of the molecule is COCCN(C(=O)NC1CCCCC1)C(C)c1nc2ccccc2c(=O)n1CCOC. The molecule has 31 heavy (non-hydrogen) atoms. The third-order valence-electron chi connectivity index (χ3n) is 5.98. The predicted octanol–water partition coefficient (Wildman–Crippen LogP) is 3.09. The summed E-state index contributed by atoms with van der Waals surface area (Å²) in [5.74, 6) is 0.552. The Hall–Kier alpha value is -2.45. The van der Waals surface area contributed by atoms with Crippen molar-refractivity contribution in [2.45, 2.75) is 57.7 Å². The number of fused-ring (bicyclic) bond motifs is 1. The molecule has 1 atom stereocenters. The number of carbonyl (C=O) groups is 1. The van der Waals surface area contributed by atoms with Gasteiger partial charge in [0.25, 0.3) is 5.56 Å². The third-order valence-corrected chi connectivity index (χ3v) is 5.98. The Morgan fingerprint density at radius 3 is 2.61 bits per heavy atom. The van der Waals surface area contributed by atoms with Crippen LogP contribution in [-0.2, 0) is 16.0 Å². The molecule has 1 N–H and O–H groups in total. The Labute approximate surface area is 183 Å². The molecule has 1 aliphatic rings. The van der Waals surface area contributed by atoms with Crippen LogP contribution in [0.25, 0.3) is 10.9 Å². The molecule has 2 amide bonds. The molecule has 0 bridgehead atoms. The lowest BCUT2D eigenvalue weighted by Gasteiger charge is -2.33. The number of nitrogens with one attached hydrogen (secondary N) is 1. The Balaban J connectivity index is 1.95. The van der Waals surface area contributed by atoms with E-state index in [0.29, 0.717) is 43.0 Å². The van der Waals surface area contributed by atoms with Gasteiger partial charge in [-0.3, -0.25) is 9.36 Å². The van der Waals surface area contributed by atoms with E-state index < -0.39 is 6.04 Å². The van der Waals surface area contributed by atoms with Gasteiger partial charge in [0.05, 0.1) is 36.7 Å². The molecule has 0 radical (unpaired) electrons. The summed E-state index contributed by atoms with van der Waals surface area (Å²) in [5.41, 5.74) is 0.506. The molecule has 1 saturated carbocycles. The van der Waals surface area contributed by atoms with Crippen LogP contribution >= 0.6 is 0 Å². The van der Waals surface area contributed by atoms with Crippen molar-refractivity contribution < 1.29 is 14.3 Å². The van der Waals surface area contributed by atoms with Gasteiger partial charge in [0.1, 0.15) is 5.82 Å². The van der Waals surface area contributed by atoms with Crippen LogP contribution in [0.2, 0.25) is 0 Å². The lowest BCUT2D eigenvalue weighted by atomic mass is 9.96. The molecule has 3 rings (SSSR count). The summed E-state index contributed by atoms with van der Waals surface area (Å²) in [7, 11) is 3.22. The maximum atomic E-state index is 13.2. The number of ether oxygens (including phenoxy) is 2. The third kappa shape index (κ3) is 5.62. The number of amides is 2. The average molecular weight is 431 g/mol. The average Bonchev–Trinajstić information content (AvgIpc) is 2.79. The van der Waals surface area contributed by atoms with Crippen LogP contribution in [0, 0.1) is 0 Å². The predicted molar refractivity (Wildman–Crippen MR) is 120 cm³/mol. The number of hydrogen-bond donors (Lipinski definition) is 1. The minimum Gasteiger partial charge on any atom is -0.383 e. The zero-order valence-corrected chi connectivity index (χ0v) is 18.8. The molecule has 1 fully saturated rings. The van der Waals surface area contributed by atoms with Crippen LogP contribution < -0.4 is 10.9 Å². The number of methoxy groups -OCH3 is 2. The van der Waals surface area contributed by atoms with Crippen molar-refractivity contribution in [3.05, 3.63) is 40.4 Å². The van der Waals surface area contributed by atoms with E-state index in [2.05, 4.69) is 5.32 Å². The Bertz CT molecular complexity index is 923. The number of hydrogen-bond acceptors (Lipinski definition) is 5. The minimum absolute atomic E-state index is 0.121. The van der Waals surface area contributed by atoms with E-state index in [9.17, 15) is 9.59 Å². The maximum Gasteiger partial charge on any atom is 0.318 e. The van der Waals surface area contributed by atoms with Crippen LogP contribution in [0.4, 0.5) is 4.79 Å². The molecule has 0 spiro atoms. The monoisotopic (exact) mass is 430 g/mol. The molecule has 1 aromatic heterocycles. The summed E-state index contributed by atoms with van der Waals surface area (Å²) in [4.78, 5) is 32.9. The molecule has 170 valence electrons. The topological polar surface area (TPSA) is 85.7 Å². The second kappa shape index (κ2) is 11.2. The molecule has 0 aliphatic heterocycles. The molecular weight excluding hydrogens is 396 g/mol. The summed E-state index contributed by atoms with van der Waals surface area (Å²) in [6.07, 6.45) is 5.52. The van der Waals surface area contributed by atoms with Crippen molar-refractivity contribution in [2.75, 3.05) is 34.0 Å². The van der Waals surface area contributed by atoms with Gasteiger partial charge >= 0.3 is 6.03 Å². The lowest BCUT2D eigenvalue weighted by Crippen LogP contribution is -2.48. The zero-order chi connectivity index (χ0) is 22.2. The van der Waals surface area contributed by atoms with E-state index in [1.54, 1.807) is 29.8 Å². The fourth-order valence-electron chi connectivity index (χ4n) is 4.21. The van der Waals surface area contributed by atoms with Gasteiger partial charge in [0.2, 0.25) is 0 Å². The van der Waals surface area contributed by atoms with Crippen LogP contribution in [0.5, 0.6) is 0 Å². The van der Waals surface area contributed by atoms with Gasteiger partial charge in [-0.05, 0) is 31.9 Å². The van der Waals surface area contributed by atoms with E-state index in [1.165, 1.54) is 6.42 Å². The highest BCUT2D eigenvalue weighted by atomic mass is 16.5. The van der Waals surface area contributed by atoms with Crippen LogP contribution in [0.3, 0.4) is 0 Å². The van der Waals surface area contributed by atoms with Gasteiger partial charge in [-0.2, -0.15) is 0 Å². The second-order valence-electron chi connectivity index (χ2n) is 8.08. The summed E-state index contributed by atoms with van der Waals surface area (Å²) in [6, 6.07) is 6.94. The number of benzene rings is 1. The number of carbonyl (C=O) groups excluding carboxylic acids is 1. The number of nitrogens with zero attached hydrogens (tertiary/aromatic N) is 3. The number of rotatable bonds is 9. The van der Waals surface area contributed by atoms with E-state index >= 15 is 0 Å². The van der Waals surface area contributed by atoms with Crippen LogP contribution in [0.15, 0.2) is 29.1 Å². The van der Waals surface area contributed by atoms with E-state index in [1.807, 2.05) is 25.1 Å². The van der Waals surface area contributed by atoms with E-state index in [4.69, 9.17) is 14.5 Å². The first-order chi connectivity index (χ1) is 15.1. The van der Waals surface area contributed by atoms with Crippen molar-refractivity contribution in [3.63, 3.8) is 0 Å². The highest BCUT2D eigenvalue weighted by molar-refractivity contribution is 5.78. The molecular formula is C23H34N4O4. The number of urea groups is 1. The molecule has 1 aromatic carbocycles. The van der Waals surface area contributed by atoms with Crippen LogP contribution in [-0.4, -0.2) is 60.5 Å². The van der Waals surface area contributed by atoms with Gasteiger partial charge in [-0.1, -0.05) is 31.4 Å². The molecule has 1 heterocycles. The van der Waals surface area contributed by atoms with Gasteiger partial charge in [-0.15, -0.1) is 0 Å². The molecule has 2 aromatic rings. The van der Waals surface area contributed by atoms with Crippen molar-refractivity contribution in [2.24, 2.45) is 0 Å². The molecule has 8 nitrogen and oxygen atoms in total. The quantitative estimate of drug-likeness (QED) is 0.661. The summed E-state index contributed by atoms with van der Waals surface area (Å²) in [6.45, 7) is 3.47. The lowest BCUT2D eigenvalue weighted by molar-refractivity contribution is 0.125. The Morgan fingerprint density at radius 1 is 1.19 bits per heavy atom. The smallest absolute Gasteiger partial charge is 0.318 e. The summed E-state index contributed by atoms with van der Waals surface area (Å²) >= 11 is 0. The maximum absolute atomic E-state index is 13.2. The van der Waals surface area contributed by atoms with E-state index in [0.717, 1.165) is 25.7 Å². The zero-order valence-electron chi connectivity index (χ0n) is 18.8. The van der Waals surface area contributed by atoms with Gasteiger partial charge in [-0.25, -0.2) is 9.78 Å². The molecule has 0 saturated heterocycles. The minimum atomic E-state index is -0.409. The standard InChI is InChI=1S/C23H34N4O4/c1-17(26(13-15-30-2)23(29)24-18-9-5-4-6-10-18)21-25-20-12-8-7-11-19(20)22(28)27(21)14-16-31-3/h7-8,11-12,17-18H,4-6,9-10,13-16H2,1-3H3,(H,24,29). The number of aromatic nitrogens is 2. The van der Waals surface area contributed by atoms with Gasteiger partial charge < -0.3 is 19.7 Å². The largest absolute Gasteiger partial charge is 0.383 e. The first-order valence-corrected chi connectivity index (χ1v) is 11.1. The summed E-state index contributed by atoms with van der Waals surface area (Å²) in [5, 5.41) is 3.74. The van der Waals surface area contributed by atoms with Crippen molar-refractivity contribution in [1.29, 1.82) is 0 Å². The van der Waals surface area contributed by atoms with Gasteiger partial charge in [0, 0.05) is 26.8 Å².